The van der Waals surface area contributed by atoms with Crippen molar-refractivity contribution in [2.45, 2.75) is 6.92 Å². The smallest absolute Gasteiger partial charge is 0.238 e. The molecule has 0 atom stereocenters. The van der Waals surface area contributed by atoms with Crippen LogP contribution in [0.4, 0.5) is 5.69 Å². The average Bonchev–Trinajstić information content (AvgIpc) is 2.22. The molecule has 0 saturated carbocycles. The molecule has 0 saturated heterocycles. The van der Waals surface area contributed by atoms with E-state index in [0.29, 0.717) is 23.1 Å². The molecule has 6 heteroatoms. The predicted molar refractivity (Wildman–Crippen MR) is 67.6 cm³/mol. The van der Waals surface area contributed by atoms with Crippen LogP contribution in [0.2, 0.25) is 5.02 Å². The highest BCUT2D eigenvalue weighted by Gasteiger charge is 2.06. The summed E-state index contributed by atoms with van der Waals surface area (Å²) in [7, 11) is 0. The Bertz CT molecular complexity index is 359. The number of hydrogen-bond acceptors (Lipinski definition) is 3. The van der Waals surface area contributed by atoms with E-state index in [4.69, 9.17) is 22.1 Å². The van der Waals surface area contributed by atoms with Crippen molar-refractivity contribution >= 4 is 35.6 Å². The molecule has 1 aromatic carbocycles. The molecule has 0 aliphatic heterocycles. The van der Waals surface area contributed by atoms with Gasteiger partial charge in [-0.25, -0.2) is 0 Å². The third-order valence-electron chi connectivity index (χ3n) is 1.70. The highest BCUT2D eigenvalue weighted by Crippen LogP contribution is 2.27. The molecule has 0 aliphatic rings. The van der Waals surface area contributed by atoms with E-state index in [1.165, 1.54) is 0 Å². The molecule has 16 heavy (non-hydrogen) atoms. The van der Waals surface area contributed by atoms with E-state index in [1.807, 2.05) is 6.92 Å². The Labute approximate surface area is 106 Å². The second kappa shape index (κ2) is 7.33. The number of amides is 1. The van der Waals surface area contributed by atoms with Crippen LogP contribution >= 0.6 is 24.0 Å². The zero-order valence-electron chi connectivity index (χ0n) is 8.83. The van der Waals surface area contributed by atoms with E-state index in [-0.39, 0.29) is 24.9 Å². The van der Waals surface area contributed by atoms with Crippen molar-refractivity contribution in [2.24, 2.45) is 5.73 Å². The van der Waals surface area contributed by atoms with Gasteiger partial charge in [0.25, 0.3) is 0 Å². The fraction of sp³-hybridized carbons (Fsp3) is 0.300. The molecule has 3 N–H and O–H groups in total. The molecule has 0 fully saturated rings. The molecule has 0 spiro atoms. The highest BCUT2D eigenvalue weighted by atomic mass is 35.5. The number of carbonyl (C=O) groups is 1. The molecular formula is C10H14Cl2N2O2. The van der Waals surface area contributed by atoms with Crippen molar-refractivity contribution in [3.63, 3.8) is 0 Å². The summed E-state index contributed by atoms with van der Waals surface area (Å²) in [5.74, 6) is 0.282. The number of nitrogens with two attached hydrogens (primary N) is 1. The summed E-state index contributed by atoms with van der Waals surface area (Å²) in [6.45, 7) is 2.30. The Morgan fingerprint density at radius 2 is 2.25 bits per heavy atom. The topological polar surface area (TPSA) is 64.3 Å². The molecule has 0 aliphatic carbocycles. The Morgan fingerprint density at radius 3 is 2.81 bits per heavy atom. The van der Waals surface area contributed by atoms with E-state index in [0.717, 1.165) is 0 Å². The maximum absolute atomic E-state index is 11.1. The van der Waals surface area contributed by atoms with Crippen LogP contribution in [0.15, 0.2) is 18.2 Å². The van der Waals surface area contributed by atoms with Crippen molar-refractivity contribution in [2.75, 3.05) is 18.5 Å². The Morgan fingerprint density at radius 1 is 1.56 bits per heavy atom. The Kier molecular flexibility index (Phi) is 6.88. The summed E-state index contributed by atoms with van der Waals surface area (Å²) in [6.07, 6.45) is 0. The standard InChI is InChI=1S/C10H13ClN2O2.ClH/c1-2-15-9-5-7(11)3-4-8(9)13-10(14)6-12;/h3-5H,2,6,12H2,1H3,(H,13,14);1H. The molecule has 4 nitrogen and oxygen atoms in total. The maximum atomic E-state index is 11.1. The minimum Gasteiger partial charge on any atom is -0.492 e. The number of benzene rings is 1. The van der Waals surface area contributed by atoms with Crippen LogP contribution in [-0.4, -0.2) is 19.1 Å². The third-order valence-corrected chi connectivity index (χ3v) is 1.94. The van der Waals surface area contributed by atoms with Crippen LogP contribution in [-0.2, 0) is 4.79 Å². The maximum Gasteiger partial charge on any atom is 0.238 e. The van der Waals surface area contributed by atoms with Crippen LogP contribution in [0.1, 0.15) is 6.92 Å². The lowest BCUT2D eigenvalue weighted by Gasteiger charge is -2.11. The minimum absolute atomic E-state index is 0. The van der Waals surface area contributed by atoms with Crippen molar-refractivity contribution < 1.29 is 9.53 Å². The van der Waals surface area contributed by atoms with Gasteiger partial charge in [-0.05, 0) is 19.1 Å². The molecular weight excluding hydrogens is 251 g/mol. The number of carbonyl (C=O) groups excluding carboxylic acids is 1. The lowest BCUT2D eigenvalue weighted by Crippen LogP contribution is -2.22. The SMILES string of the molecule is CCOc1cc(Cl)ccc1NC(=O)CN.Cl. The average molecular weight is 265 g/mol. The zero-order valence-corrected chi connectivity index (χ0v) is 10.4. The molecule has 0 aromatic heterocycles. The van der Waals surface area contributed by atoms with Crippen LogP contribution in [0.3, 0.4) is 0 Å². The van der Waals surface area contributed by atoms with Crippen molar-refractivity contribution in [1.29, 1.82) is 0 Å². The van der Waals surface area contributed by atoms with Gasteiger partial charge in [0.2, 0.25) is 5.91 Å². The molecule has 0 heterocycles. The van der Waals surface area contributed by atoms with Crippen LogP contribution in [0.5, 0.6) is 5.75 Å². The summed E-state index contributed by atoms with van der Waals surface area (Å²) in [5, 5.41) is 3.18. The van der Waals surface area contributed by atoms with E-state index >= 15 is 0 Å². The third kappa shape index (κ3) is 4.26. The number of anilines is 1. The number of hydrogen-bond donors (Lipinski definition) is 2. The molecule has 90 valence electrons. The first-order valence-electron chi connectivity index (χ1n) is 4.59. The van der Waals surface area contributed by atoms with E-state index in [1.54, 1.807) is 18.2 Å². The van der Waals surface area contributed by atoms with Gasteiger partial charge in [-0.1, -0.05) is 11.6 Å². The number of halogens is 2. The van der Waals surface area contributed by atoms with Gasteiger partial charge >= 0.3 is 0 Å². The molecule has 1 aromatic rings. The summed E-state index contributed by atoms with van der Waals surface area (Å²) in [4.78, 5) is 11.1. The Hall–Kier alpha value is -0.970. The van der Waals surface area contributed by atoms with Crippen LogP contribution < -0.4 is 15.8 Å². The second-order valence-corrected chi connectivity index (χ2v) is 3.26. The Balaban J connectivity index is 0.00000225. The van der Waals surface area contributed by atoms with Gasteiger partial charge < -0.3 is 15.8 Å². The second-order valence-electron chi connectivity index (χ2n) is 2.83. The fourth-order valence-electron chi connectivity index (χ4n) is 1.08. The molecule has 0 unspecified atom stereocenters. The van der Waals surface area contributed by atoms with Gasteiger partial charge in [-0.2, -0.15) is 0 Å². The van der Waals surface area contributed by atoms with Crippen LogP contribution in [0, 0.1) is 0 Å². The van der Waals surface area contributed by atoms with E-state index in [2.05, 4.69) is 5.32 Å². The van der Waals surface area contributed by atoms with Gasteiger partial charge in [0.05, 0.1) is 18.8 Å². The van der Waals surface area contributed by atoms with Gasteiger partial charge in [-0.15, -0.1) is 12.4 Å². The van der Waals surface area contributed by atoms with E-state index < -0.39 is 0 Å². The lowest BCUT2D eigenvalue weighted by atomic mass is 10.3. The van der Waals surface area contributed by atoms with Gasteiger partial charge in [0, 0.05) is 11.1 Å². The van der Waals surface area contributed by atoms with Crippen LogP contribution in [0.25, 0.3) is 0 Å². The van der Waals surface area contributed by atoms with Crippen molar-refractivity contribution in [1.82, 2.24) is 0 Å². The van der Waals surface area contributed by atoms with Crippen molar-refractivity contribution in [3.8, 4) is 5.75 Å². The summed E-state index contributed by atoms with van der Waals surface area (Å²) < 4.78 is 5.32. The lowest BCUT2D eigenvalue weighted by molar-refractivity contribution is -0.114. The molecule has 0 radical (unpaired) electrons. The quantitative estimate of drug-likeness (QED) is 0.875. The molecule has 0 bridgehead atoms. The molecule has 1 rings (SSSR count). The van der Waals surface area contributed by atoms with Gasteiger partial charge in [0.1, 0.15) is 5.75 Å². The summed E-state index contributed by atoms with van der Waals surface area (Å²) >= 11 is 5.81. The first kappa shape index (κ1) is 15.0. The zero-order chi connectivity index (χ0) is 11.3. The number of nitrogens with one attached hydrogen (secondary N) is 1. The fourth-order valence-corrected chi connectivity index (χ4v) is 1.24. The first-order chi connectivity index (χ1) is 7.17. The largest absolute Gasteiger partial charge is 0.492 e. The highest BCUT2D eigenvalue weighted by molar-refractivity contribution is 6.30. The molecule has 1 amide bonds. The minimum atomic E-state index is -0.265. The van der Waals surface area contributed by atoms with Crippen molar-refractivity contribution in [3.05, 3.63) is 23.2 Å². The van der Waals surface area contributed by atoms with Gasteiger partial charge in [-0.3, -0.25) is 4.79 Å². The number of rotatable bonds is 4. The summed E-state index contributed by atoms with van der Waals surface area (Å²) in [5.41, 5.74) is 5.78. The number of ether oxygens (including phenoxy) is 1. The monoisotopic (exact) mass is 264 g/mol. The summed E-state index contributed by atoms with van der Waals surface area (Å²) in [6, 6.07) is 5.01. The van der Waals surface area contributed by atoms with Gasteiger partial charge in [0.15, 0.2) is 0 Å². The normalized spacial score (nSPS) is 9.19. The predicted octanol–water partition coefficient (Wildman–Crippen LogP) is 2.06. The van der Waals surface area contributed by atoms with E-state index in [9.17, 15) is 4.79 Å². The first-order valence-corrected chi connectivity index (χ1v) is 4.97.